The molecule has 1 aromatic rings. The van der Waals surface area contributed by atoms with Crippen LogP contribution in [0.5, 0.6) is 0 Å². The van der Waals surface area contributed by atoms with Crippen molar-refractivity contribution < 1.29 is 9.59 Å². The molecule has 0 heterocycles. The number of hydrazone groups is 1. The van der Waals surface area contributed by atoms with Crippen LogP contribution in [-0.2, 0) is 9.59 Å². The minimum Gasteiger partial charge on any atom is -0.378 e. The lowest BCUT2D eigenvalue weighted by molar-refractivity contribution is -0.119. The molecule has 0 aliphatic heterocycles. The highest BCUT2D eigenvalue weighted by Gasteiger charge is 2.05. The molecule has 0 radical (unpaired) electrons. The number of amides is 2. The molecular formula is C14H20N4O2. The van der Waals surface area contributed by atoms with Crippen LogP contribution in [0.4, 0.5) is 11.4 Å². The van der Waals surface area contributed by atoms with E-state index in [-0.39, 0.29) is 18.2 Å². The maximum absolute atomic E-state index is 11.8. The zero-order valence-corrected chi connectivity index (χ0v) is 12.2. The van der Waals surface area contributed by atoms with E-state index in [4.69, 9.17) is 0 Å². The number of benzene rings is 1. The highest BCUT2D eigenvalue weighted by Crippen LogP contribution is 2.15. The fourth-order valence-electron chi connectivity index (χ4n) is 1.49. The average Bonchev–Trinajstić information content (AvgIpc) is 2.36. The van der Waals surface area contributed by atoms with Gasteiger partial charge in [-0.05, 0) is 31.2 Å². The van der Waals surface area contributed by atoms with Crippen molar-refractivity contribution in [3.05, 3.63) is 24.3 Å². The van der Waals surface area contributed by atoms with Gasteiger partial charge in [0.15, 0.2) is 0 Å². The van der Waals surface area contributed by atoms with Gasteiger partial charge in [0, 0.05) is 38.1 Å². The van der Waals surface area contributed by atoms with Crippen LogP contribution in [0.3, 0.4) is 0 Å². The summed E-state index contributed by atoms with van der Waals surface area (Å²) in [4.78, 5) is 24.4. The fraction of sp³-hybridized carbons (Fsp3) is 0.357. The smallest absolute Gasteiger partial charge is 0.236 e. The van der Waals surface area contributed by atoms with Gasteiger partial charge in [0.1, 0.15) is 0 Å². The largest absolute Gasteiger partial charge is 0.378 e. The molecule has 1 rings (SSSR count). The number of nitrogens with one attached hydrogen (secondary N) is 2. The standard InChI is InChI=1S/C14H20N4O2/c1-10(16-17-11(2)19)9-14(20)15-12-5-7-13(8-6-12)18(3)4/h5-8H,9H2,1-4H3,(H,15,20)(H,17,19). The molecule has 0 aliphatic rings. The Morgan fingerprint density at radius 2 is 1.75 bits per heavy atom. The molecule has 2 amide bonds. The molecule has 0 saturated heterocycles. The molecule has 0 fully saturated rings. The maximum atomic E-state index is 11.8. The average molecular weight is 276 g/mol. The van der Waals surface area contributed by atoms with E-state index in [1.165, 1.54) is 6.92 Å². The van der Waals surface area contributed by atoms with Gasteiger partial charge in [-0.2, -0.15) is 5.10 Å². The first-order valence-electron chi connectivity index (χ1n) is 6.25. The Kier molecular flexibility index (Phi) is 5.71. The van der Waals surface area contributed by atoms with Crippen LogP contribution in [0.25, 0.3) is 0 Å². The number of hydrogen-bond donors (Lipinski definition) is 2. The lowest BCUT2D eigenvalue weighted by Gasteiger charge is -2.13. The summed E-state index contributed by atoms with van der Waals surface area (Å²) >= 11 is 0. The molecule has 0 bridgehead atoms. The predicted octanol–water partition coefficient (Wildman–Crippen LogP) is 1.59. The van der Waals surface area contributed by atoms with Crippen molar-refractivity contribution in [2.75, 3.05) is 24.3 Å². The van der Waals surface area contributed by atoms with Gasteiger partial charge in [0.2, 0.25) is 11.8 Å². The molecule has 6 nitrogen and oxygen atoms in total. The summed E-state index contributed by atoms with van der Waals surface area (Å²) in [5.74, 6) is -0.432. The van der Waals surface area contributed by atoms with Crippen molar-refractivity contribution in [1.82, 2.24) is 5.43 Å². The molecule has 6 heteroatoms. The van der Waals surface area contributed by atoms with E-state index in [0.29, 0.717) is 5.71 Å². The highest BCUT2D eigenvalue weighted by molar-refractivity contribution is 6.05. The van der Waals surface area contributed by atoms with Crippen molar-refractivity contribution in [3.63, 3.8) is 0 Å². The Morgan fingerprint density at radius 3 is 2.25 bits per heavy atom. The zero-order chi connectivity index (χ0) is 15.1. The molecule has 20 heavy (non-hydrogen) atoms. The summed E-state index contributed by atoms with van der Waals surface area (Å²) in [6.45, 7) is 3.05. The molecule has 108 valence electrons. The summed E-state index contributed by atoms with van der Waals surface area (Å²) in [5.41, 5.74) is 4.63. The molecule has 1 aromatic carbocycles. The molecule has 0 unspecified atom stereocenters. The third kappa shape index (κ3) is 5.51. The van der Waals surface area contributed by atoms with Crippen molar-refractivity contribution in [1.29, 1.82) is 0 Å². The molecule has 0 atom stereocenters. The van der Waals surface area contributed by atoms with Crippen LogP contribution in [0, 0.1) is 0 Å². The van der Waals surface area contributed by atoms with Crippen molar-refractivity contribution in [3.8, 4) is 0 Å². The third-order valence-electron chi connectivity index (χ3n) is 2.49. The monoisotopic (exact) mass is 276 g/mol. The Morgan fingerprint density at radius 1 is 1.15 bits per heavy atom. The van der Waals surface area contributed by atoms with E-state index in [9.17, 15) is 9.59 Å². The summed E-state index contributed by atoms with van der Waals surface area (Å²) in [5, 5.41) is 6.57. The van der Waals surface area contributed by atoms with E-state index in [2.05, 4.69) is 15.8 Å². The molecular weight excluding hydrogens is 256 g/mol. The van der Waals surface area contributed by atoms with E-state index in [1.54, 1.807) is 6.92 Å². The van der Waals surface area contributed by atoms with Crippen molar-refractivity contribution in [2.45, 2.75) is 20.3 Å². The van der Waals surface area contributed by atoms with E-state index in [0.717, 1.165) is 11.4 Å². The Hall–Kier alpha value is -2.37. The molecule has 2 N–H and O–H groups in total. The van der Waals surface area contributed by atoms with Crippen LogP contribution >= 0.6 is 0 Å². The van der Waals surface area contributed by atoms with E-state index in [1.807, 2.05) is 43.3 Å². The topological polar surface area (TPSA) is 73.8 Å². The predicted molar refractivity (Wildman–Crippen MR) is 80.9 cm³/mol. The minimum absolute atomic E-state index is 0.135. The van der Waals surface area contributed by atoms with Gasteiger partial charge < -0.3 is 10.2 Å². The Labute approximate surface area is 118 Å². The second kappa shape index (κ2) is 7.28. The summed E-state index contributed by atoms with van der Waals surface area (Å²) in [6.07, 6.45) is 0.135. The summed E-state index contributed by atoms with van der Waals surface area (Å²) in [6, 6.07) is 7.53. The number of rotatable bonds is 5. The zero-order valence-electron chi connectivity index (χ0n) is 12.2. The van der Waals surface area contributed by atoms with Gasteiger partial charge in [-0.25, -0.2) is 5.43 Å². The van der Waals surface area contributed by atoms with E-state index < -0.39 is 0 Å². The third-order valence-corrected chi connectivity index (χ3v) is 2.49. The molecule has 0 aromatic heterocycles. The summed E-state index contributed by atoms with van der Waals surface area (Å²) in [7, 11) is 3.91. The second-order valence-corrected chi connectivity index (χ2v) is 4.68. The maximum Gasteiger partial charge on any atom is 0.236 e. The minimum atomic E-state index is -0.260. The number of carbonyl (C=O) groups is 2. The van der Waals surface area contributed by atoms with Gasteiger partial charge in [-0.15, -0.1) is 0 Å². The second-order valence-electron chi connectivity index (χ2n) is 4.68. The molecule has 0 aliphatic carbocycles. The number of anilines is 2. The van der Waals surface area contributed by atoms with Crippen molar-refractivity contribution in [2.24, 2.45) is 5.10 Å². The Balaban J connectivity index is 2.54. The fourth-order valence-corrected chi connectivity index (χ4v) is 1.49. The van der Waals surface area contributed by atoms with Crippen LogP contribution in [0.15, 0.2) is 29.4 Å². The number of carbonyl (C=O) groups excluding carboxylic acids is 2. The first kappa shape index (κ1) is 15.7. The van der Waals surface area contributed by atoms with Gasteiger partial charge in [0.05, 0.1) is 6.42 Å². The lowest BCUT2D eigenvalue weighted by atomic mass is 10.2. The van der Waals surface area contributed by atoms with Gasteiger partial charge >= 0.3 is 0 Å². The quantitative estimate of drug-likeness (QED) is 0.633. The van der Waals surface area contributed by atoms with Crippen LogP contribution in [-0.4, -0.2) is 31.6 Å². The van der Waals surface area contributed by atoms with Crippen LogP contribution in [0.2, 0.25) is 0 Å². The van der Waals surface area contributed by atoms with E-state index >= 15 is 0 Å². The van der Waals surface area contributed by atoms with Gasteiger partial charge in [0.25, 0.3) is 0 Å². The highest BCUT2D eigenvalue weighted by atomic mass is 16.2. The SMILES string of the molecule is CC(=O)NN=C(C)CC(=O)Nc1ccc(N(C)C)cc1. The van der Waals surface area contributed by atoms with Crippen molar-refractivity contribution >= 4 is 28.9 Å². The normalized spacial score (nSPS) is 10.9. The molecule has 0 spiro atoms. The van der Waals surface area contributed by atoms with Gasteiger partial charge in [-0.1, -0.05) is 0 Å². The van der Waals surface area contributed by atoms with Gasteiger partial charge in [-0.3, -0.25) is 9.59 Å². The number of nitrogens with zero attached hydrogens (tertiary/aromatic N) is 2. The first-order valence-corrected chi connectivity index (χ1v) is 6.25. The first-order chi connectivity index (χ1) is 9.38. The summed E-state index contributed by atoms with van der Waals surface area (Å²) < 4.78 is 0. The van der Waals surface area contributed by atoms with Crippen LogP contribution < -0.4 is 15.6 Å². The Bertz CT molecular complexity index is 506. The number of hydrogen-bond acceptors (Lipinski definition) is 4. The van der Waals surface area contributed by atoms with Crippen LogP contribution in [0.1, 0.15) is 20.3 Å². The lowest BCUT2D eigenvalue weighted by Crippen LogP contribution is -2.19. The molecule has 0 saturated carbocycles.